The molecule has 0 aliphatic rings. The van der Waals surface area contributed by atoms with E-state index in [-0.39, 0.29) is 5.97 Å². The van der Waals surface area contributed by atoms with Crippen LogP contribution in [0.15, 0.2) is 18.2 Å². The van der Waals surface area contributed by atoms with Crippen LogP contribution in [-0.2, 0) is 11.2 Å². The summed E-state index contributed by atoms with van der Waals surface area (Å²) >= 11 is 0. The summed E-state index contributed by atoms with van der Waals surface area (Å²) in [6.45, 7) is 4.31. The zero-order valence-corrected chi connectivity index (χ0v) is 10.4. The van der Waals surface area contributed by atoms with Crippen molar-refractivity contribution in [3.8, 4) is 0 Å². The molecule has 0 saturated heterocycles. The fourth-order valence-electron chi connectivity index (χ4n) is 1.55. The van der Waals surface area contributed by atoms with E-state index in [0.717, 1.165) is 12.1 Å². The van der Waals surface area contributed by atoms with Gasteiger partial charge in [-0.3, -0.25) is 0 Å². The quantitative estimate of drug-likeness (QED) is 0.732. The van der Waals surface area contributed by atoms with E-state index < -0.39 is 0 Å². The lowest BCUT2D eigenvalue weighted by Crippen LogP contribution is -2.15. The normalized spacial score (nSPS) is 10.0. The molecule has 0 amide bonds. The number of esters is 1. The van der Waals surface area contributed by atoms with Crippen molar-refractivity contribution in [2.24, 2.45) is 0 Å². The van der Waals surface area contributed by atoms with Crippen molar-refractivity contribution in [3.05, 3.63) is 29.3 Å². The topological polar surface area (TPSA) is 29.5 Å². The van der Waals surface area contributed by atoms with Crippen molar-refractivity contribution in [3.63, 3.8) is 0 Å². The largest absolute Gasteiger partial charge is 0.462 e. The van der Waals surface area contributed by atoms with Gasteiger partial charge in [-0.05, 0) is 31.0 Å². The summed E-state index contributed by atoms with van der Waals surface area (Å²) in [6, 6.07) is 5.84. The minimum absolute atomic E-state index is 0.256. The van der Waals surface area contributed by atoms with Crippen molar-refractivity contribution < 1.29 is 9.53 Å². The van der Waals surface area contributed by atoms with Gasteiger partial charge in [-0.15, -0.1) is 0 Å². The summed E-state index contributed by atoms with van der Waals surface area (Å²) in [6.07, 6.45) is 0.962. The van der Waals surface area contributed by atoms with Crippen LogP contribution in [0.5, 0.6) is 0 Å². The summed E-state index contributed by atoms with van der Waals surface area (Å²) in [5, 5.41) is 0. The van der Waals surface area contributed by atoms with Crippen LogP contribution in [0, 0.1) is 0 Å². The lowest BCUT2D eigenvalue weighted by molar-refractivity contribution is 0.0527. The average molecular weight is 221 g/mol. The number of hydrogen-bond acceptors (Lipinski definition) is 3. The fourth-order valence-corrected chi connectivity index (χ4v) is 1.55. The van der Waals surface area contributed by atoms with Crippen molar-refractivity contribution in [2.75, 3.05) is 25.6 Å². The van der Waals surface area contributed by atoms with Crippen LogP contribution in [-0.4, -0.2) is 26.7 Å². The Labute approximate surface area is 97.0 Å². The maximum Gasteiger partial charge on any atom is 0.340 e. The number of aryl methyl sites for hydroxylation is 1. The van der Waals surface area contributed by atoms with E-state index >= 15 is 0 Å². The highest BCUT2D eigenvalue weighted by Crippen LogP contribution is 2.21. The second-order valence-electron chi connectivity index (χ2n) is 3.82. The molecular weight excluding hydrogens is 202 g/mol. The number of carbonyl (C=O) groups is 1. The molecule has 3 heteroatoms. The molecule has 0 bridgehead atoms. The Morgan fingerprint density at radius 2 is 2.00 bits per heavy atom. The maximum absolute atomic E-state index is 11.7. The number of benzene rings is 1. The minimum atomic E-state index is -0.256. The summed E-state index contributed by atoms with van der Waals surface area (Å²) < 4.78 is 5.03. The van der Waals surface area contributed by atoms with Gasteiger partial charge in [-0.1, -0.05) is 13.0 Å². The lowest BCUT2D eigenvalue weighted by Gasteiger charge is -2.17. The van der Waals surface area contributed by atoms with E-state index in [1.807, 2.05) is 44.1 Å². The molecule has 0 heterocycles. The van der Waals surface area contributed by atoms with Crippen LogP contribution in [0.25, 0.3) is 0 Å². The summed E-state index contributed by atoms with van der Waals surface area (Å²) in [5.74, 6) is -0.256. The summed E-state index contributed by atoms with van der Waals surface area (Å²) in [4.78, 5) is 13.7. The number of ether oxygens (including phenoxy) is 1. The van der Waals surface area contributed by atoms with Crippen LogP contribution in [0.1, 0.15) is 29.8 Å². The Morgan fingerprint density at radius 1 is 1.31 bits per heavy atom. The van der Waals surface area contributed by atoms with Crippen LogP contribution in [0.3, 0.4) is 0 Å². The number of nitrogens with zero attached hydrogens (tertiary/aromatic N) is 1. The van der Waals surface area contributed by atoms with Crippen LogP contribution >= 0.6 is 0 Å². The van der Waals surface area contributed by atoms with Crippen molar-refractivity contribution in [1.82, 2.24) is 0 Å². The van der Waals surface area contributed by atoms with Crippen LogP contribution in [0.2, 0.25) is 0 Å². The van der Waals surface area contributed by atoms with Gasteiger partial charge in [-0.25, -0.2) is 4.79 Å². The second kappa shape index (κ2) is 5.54. The lowest BCUT2D eigenvalue weighted by atomic mass is 10.1. The molecule has 0 atom stereocenters. The SMILES string of the molecule is CCOC(=O)c1ccc(CC)cc1N(C)C. The number of carbonyl (C=O) groups excluding carboxylic acids is 1. The highest BCUT2D eigenvalue weighted by Gasteiger charge is 2.13. The molecule has 0 radical (unpaired) electrons. The third-order valence-electron chi connectivity index (χ3n) is 2.45. The molecule has 0 saturated carbocycles. The van der Waals surface area contributed by atoms with Crippen LogP contribution in [0.4, 0.5) is 5.69 Å². The van der Waals surface area contributed by atoms with Gasteiger partial charge in [0.2, 0.25) is 0 Å². The van der Waals surface area contributed by atoms with E-state index in [4.69, 9.17) is 4.74 Å². The Kier molecular flexibility index (Phi) is 4.35. The van der Waals surface area contributed by atoms with Gasteiger partial charge in [0.1, 0.15) is 0 Å². The molecule has 16 heavy (non-hydrogen) atoms. The van der Waals surface area contributed by atoms with E-state index in [2.05, 4.69) is 6.92 Å². The maximum atomic E-state index is 11.7. The molecule has 0 spiro atoms. The Balaban J connectivity index is 3.12. The van der Waals surface area contributed by atoms with Gasteiger partial charge >= 0.3 is 5.97 Å². The highest BCUT2D eigenvalue weighted by atomic mass is 16.5. The third-order valence-corrected chi connectivity index (χ3v) is 2.45. The van der Waals surface area contributed by atoms with Gasteiger partial charge in [-0.2, -0.15) is 0 Å². The van der Waals surface area contributed by atoms with Crippen molar-refractivity contribution >= 4 is 11.7 Å². The number of anilines is 1. The molecule has 0 aliphatic carbocycles. The summed E-state index contributed by atoms with van der Waals surface area (Å²) in [7, 11) is 3.86. The fraction of sp³-hybridized carbons (Fsp3) is 0.462. The third kappa shape index (κ3) is 2.75. The molecule has 0 aromatic heterocycles. The molecule has 1 aromatic rings. The van der Waals surface area contributed by atoms with Gasteiger partial charge in [0, 0.05) is 14.1 Å². The molecule has 0 unspecified atom stereocenters. The second-order valence-corrected chi connectivity index (χ2v) is 3.82. The molecule has 0 aliphatic heterocycles. The first-order chi connectivity index (χ1) is 7.60. The van der Waals surface area contributed by atoms with Crippen molar-refractivity contribution in [2.45, 2.75) is 20.3 Å². The predicted octanol–water partition coefficient (Wildman–Crippen LogP) is 2.49. The van der Waals surface area contributed by atoms with Gasteiger partial charge in [0.25, 0.3) is 0 Å². The predicted molar refractivity (Wildman–Crippen MR) is 66.1 cm³/mol. The van der Waals surface area contributed by atoms with Gasteiger partial charge < -0.3 is 9.64 Å². The van der Waals surface area contributed by atoms with E-state index in [0.29, 0.717) is 12.2 Å². The molecule has 0 N–H and O–H groups in total. The number of rotatable bonds is 4. The van der Waals surface area contributed by atoms with E-state index in [1.165, 1.54) is 5.56 Å². The van der Waals surface area contributed by atoms with Crippen LogP contribution < -0.4 is 4.90 Å². The number of hydrogen-bond donors (Lipinski definition) is 0. The minimum Gasteiger partial charge on any atom is -0.462 e. The Hall–Kier alpha value is -1.51. The zero-order chi connectivity index (χ0) is 12.1. The first-order valence-electron chi connectivity index (χ1n) is 5.57. The zero-order valence-electron chi connectivity index (χ0n) is 10.4. The first kappa shape index (κ1) is 12.6. The highest BCUT2D eigenvalue weighted by molar-refractivity contribution is 5.96. The molecule has 1 aromatic carbocycles. The van der Waals surface area contributed by atoms with Crippen molar-refractivity contribution in [1.29, 1.82) is 0 Å². The molecule has 88 valence electrons. The Morgan fingerprint density at radius 3 is 2.50 bits per heavy atom. The van der Waals surface area contributed by atoms with Gasteiger partial charge in [0.15, 0.2) is 0 Å². The molecular formula is C13H19NO2. The van der Waals surface area contributed by atoms with E-state index in [1.54, 1.807) is 0 Å². The molecule has 1 rings (SSSR count). The van der Waals surface area contributed by atoms with E-state index in [9.17, 15) is 4.79 Å². The monoisotopic (exact) mass is 221 g/mol. The molecule has 3 nitrogen and oxygen atoms in total. The Bertz CT molecular complexity index is 372. The smallest absolute Gasteiger partial charge is 0.340 e. The van der Waals surface area contributed by atoms with Gasteiger partial charge in [0.05, 0.1) is 17.9 Å². The first-order valence-corrected chi connectivity index (χ1v) is 5.57. The average Bonchev–Trinajstić information content (AvgIpc) is 2.28. The molecule has 0 fully saturated rings. The summed E-state index contributed by atoms with van der Waals surface area (Å²) in [5.41, 5.74) is 2.76. The standard InChI is InChI=1S/C13H19NO2/c1-5-10-7-8-11(13(15)16-6-2)12(9-10)14(3)4/h7-9H,5-6H2,1-4H3.